The van der Waals surface area contributed by atoms with E-state index in [0.717, 1.165) is 6.42 Å². The molecule has 0 spiro atoms. The highest BCUT2D eigenvalue weighted by Crippen LogP contribution is 2.14. The predicted molar refractivity (Wildman–Crippen MR) is 105 cm³/mol. The molecule has 0 aromatic rings. The zero-order valence-electron chi connectivity index (χ0n) is 16.6. The number of aliphatic hydroxyl groups is 2. The molecule has 0 fully saturated rings. The van der Waals surface area contributed by atoms with Crippen LogP contribution in [0.3, 0.4) is 0 Å². The second-order valence-electron chi connectivity index (χ2n) is 7.58. The summed E-state index contributed by atoms with van der Waals surface area (Å²) in [5.74, 6) is 3.81. The second-order valence-corrected chi connectivity index (χ2v) is 7.58. The molecular weight excluding hydrogens is 296 g/mol. The van der Waals surface area contributed by atoms with E-state index in [1.54, 1.807) is 0 Å². The quantitative estimate of drug-likeness (QED) is 0.212. The van der Waals surface area contributed by atoms with E-state index in [4.69, 9.17) is 10.2 Å². The number of hydrogen-bond donors (Lipinski definition) is 2. The Morgan fingerprint density at radius 1 is 0.708 bits per heavy atom. The monoisotopic (exact) mass is 338 g/mol. The SMILES string of the molecule is CCCCCCCCCCCCCCCCC(C)C#CC(C)(O)O. The molecule has 0 bridgehead atoms. The van der Waals surface area contributed by atoms with Crippen LogP contribution in [0.4, 0.5) is 0 Å². The van der Waals surface area contributed by atoms with Crippen LogP contribution in [0.15, 0.2) is 0 Å². The van der Waals surface area contributed by atoms with Crippen LogP contribution in [-0.4, -0.2) is 16.0 Å². The Morgan fingerprint density at radius 3 is 1.46 bits per heavy atom. The summed E-state index contributed by atoms with van der Waals surface area (Å²) < 4.78 is 0. The van der Waals surface area contributed by atoms with Gasteiger partial charge >= 0.3 is 0 Å². The van der Waals surface area contributed by atoms with Crippen molar-refractivity contribution in [2.24, 2.45) is 5.92 Å². The summed E-state index contributed by atoms with van der Waals surface area (Å²) in [5, 5.41) is 18.3. The van der Waals surface area contributed by atoms with Gasteiger partial charge in [0.1, 0.15) is 0 Å². The Balaban J connectivity index is 3.24. The molecular formula is C22H42O2. The average molecular weight is 339 g/mol. The van der Waals surface area contributed by atoms with Gasteiger partial charge in [0.15, 0.2) is 0 Å². The van der Waals surface area contributed by atoms with E-state index in [1.165, 1.54) is 96.8 Å². The van der Waals surface area contributed by atoms with Gasteiger partial charge in [-0.1, -0.05) is 110 Å². The Hall–Kier alpha value is -0.520. The van der Waals surface area contributed by atoms with Crippen LogP contribution in [0.5, 0.6) is 0 Å². The third-order valence-electron chi connectivity index (χ3n) is 4.55. The lowest BCUT2D eigenvalue weighted by Crippen LogP contribution is -2.19. The minimum atomic E-state index is -1.84. The molecule has 0 saturated heterocycles. The molecule has 0 radical (unpaired) electrons. The van der Waals surface area contributed by atoms with Crippen molar-refractivity contribution >= 4 is 0 Å². The van der Waals surface area contributed by atoms with Crippen LogP contribution in [-0.2, 0) is 0 Å². The summed E-state index contributed by atoms with van der Waals surface area (Å²) in [4.78, 5) is 0. The van der Waals surface area contributed by atoms with Gasteiger partial charge in [0, 0.05) is 12.8 Å². The maximum Gasteiger partial charge on any atom is 0.225 e. The van der Waals surface area contributed by atoms with E-state index < -0.39 is 5.79 Å². The maximum absolute atomic E-state index is 9.14. The van der Waals surface area contributed by atoms with Gasteiger partial charge in [-0.2, -0.15) is 0 Å². The van der Waals surface area contributed by atoms with E-state index >= 15 is 0 Å². The highest BCUT2D eigenvalue weighted by Gasteiger charge is 2.09. The maximum atomic E-state index is 9.14. The molecule has 1 unspecified atom stereocenters. The van der Waals surface area contributed by atoms with Gasteiger partial charge in [-0.15, -0.1) is 0 Å². The molecule has 2 heteroatoms. The van der Waals surface area contributed by atoms with Crippen LogP contribution < -0.4 is 0 Å². The van der Waals surface area contributed by atoms with Gasteiger partial charge in [-0.05, 0) is 12.3 Å². The molecule has 0 aliphatic carbocycles. The third-order valence-corrected chi connectivity index (χ3v) is 4.55. The fourth-order valence-corrected chi connectivity index (χ4v) is 2.98. The number of rotatable bonds is 15. The smallest absolute Gasteiger partial charge is 0.225 e. The lowest BCUT2D eigenvalue weighted by Gasteiger charge is -2.07. The van der Waals surface area contributed by atoms with E-state index in [0.29, 0.717) is 0 Å². The van der Waals surface area contributed by atoms with Crippen molar-refractivity contribution in [3.63, 3.8) is 0 Å². The molecule has 0 aromatic carbocycles. The van der Waals surface area contributed by atoms with Gasteiger partial charge in [0.05, 0.1) is 0 Å². The molecule has 0 amide bonds. The third kappa shape index (κ3) is 19.5. The van der Waals surface area contributed by atoms with Crippen LogP contribution in [0, 0.1) is 17.8 Å². The summed E-state index contributed by atoms with van der Waals surface area (Å²) >= 11 is 0. The van der Waals surface area contributed by atoms with Gasteiger partial charge in [0.2, 0.25) is 5.79 Å². The van der Waals surface area contributed by atoms with E-state index in [9.17, 15) is 0 Å². The second kappa shape index (κ2) is 16.0. The molecule has 1 atom stereocenters. The van der Waals surface area contributed by atoms with Crippen molar-refractivity contribution < 1.29 is 10.2 Å². The molecule has 2 N–H and O–H groups in total. The fourth-order valence-electron chi connectivity index (χ4n) is 2.98. The average Bonchev–Trinajstić information content (AvgIpc) is 2.52. The van der Waals surface area contributed by atoms with Crippen molar-refractivity contribution in [3.05, 3.63) is 0 Å². The molecule has 2 nitrogen and oxygen atoms in total. The molecule has 142 valence electrons. The molecule has 0 aromatic heterocycles. The van der Waals surface area contributed by atoms with Crippen molar-refractivity contribution in [1.29, 1.82) is 0 Å². The van der Waals surface area contributed by atoms with Crippen LogP contribution in [0.1, 0.15) is 117 Å². The minimum Gasteiger partial charge on any atom is -0.356 e. The first-order valence-corrected chi connectivity index (χ1v) is 10.4. The molecule has 0 aliphatic rings. The Morgan fingerprint density at radius 2 is 1.08 bits per heavy atom. The first-order valence-electron chi connectivity index (χ1n) is 10.4. The highest BCUT2D eigenvalue weighted by atomic mass is 16.5. The largest absolute Gasteiger partial charge is 0.356 e. The summed E-state index contributed by atoms with van der Waals surface area (Å²) in [6.45, 7) is 5.64. The van der Waals surface area contributed by atoms with Crippen molar-refractivity contribution in [3.8, 4) is 11.8 Å². The number of hydrogen-bond acceptors (Lipinski definition) is 2. The Kier molecular flexibility index (Phi) is 15.6. The molecule has 0 rings (SSSR count). The van der Waals surface area contributed by atoms with Crippen LogP contribution >= 0.6 is 0 Å². The highest BCUT2D eigenvalue weighted by molar-refractivity contribution is 5.09. The normalized spacial score (nSPS) is 12.7. The fraction of sp³-hybridized carbons (Fsp3) is 0.909. The molecule has 0 heterocycles. The zero-order chi connectivity index (χ0) is 18.1. The zero-order valence-corrected chi connectivity index (χ0v) is 16.6. The van der Waals surface area contributed by atoms with E-state index in [-0.39, 0.29) is 5.92 Å². The van der Waals surface area contributed by atoms with Gasteiger partial charge in [-0.3, -0.25) is 0 Å². The van der Waals surface area contributed by atoms with Crippen molar-refractivity contribution in [2.75, 3.05) is 0 Å². The van der Waals surface area contributed by atoms with Crippen molar-refractivity contribution in [1.82, 2.24) is 0 Å². The summed E-state index contributed by atoms with van der Waals surface area (Å²) in [6.07, 6.45) is 20.4. The number of unbranched alkanes of at least 4 members (excludes halogenated alkanes) is 13. The lowest BCUT2D eigenvalue weighted by atomic mass is 10.0. The molecule has 0 aliphatic heterocycles. The summed E-state index contributed by atoms with van der Waals surface area (Å²) in [5.41, 5.74) is 0. The van der Waals surface area contributed by atoms with Crippen LogP contribution in [0.25, 0.3) is 0 Å². The van der Waals surface area contributed by atoms with Crippen molar-refractivity contribution in [2.45, 2.75) is 123 Å². The first kappa shape index (κ1) is 23.5. The Bertz CT molecular complexity index is 319. The van der Waals surface area contributed by atoms with E-state index in [1.807, 2.05) is 0 Å². The first-order chi connectivity index (χ1) is 11.5. The lowest BCUT2D eigenvalue weighted by molar-refractivity contribution is -0.0916. The summed E-state index contributed by atoms with van der Waals surface area (Å²) in [6, 6.07) is 0. The summed E-state index contributed by atoms with van der Waals surface area (Å²) in [7, 11) is 0. The van der Waals surface area contributed by atoms with Gasteiger partial charge in [0.25, 0.3) is 0 Å². The van der Waals surface area contributed by atoms with E-state index in [2.05, 4.69) is 25.7 Å². The standard InChI is InChI=1S/C22H42O2/c1-4-5-6-7-8-9-10-11-12-13-14-15-16-17-18-21(2)19-20-22(3,23)24/h21,23-24H,4-18H2,1-3H3. The molecule has 24 heavy (non-hydrogen) atoms. The van der Waals surface area contributed by atoms with Gasteiger partial charge in [-0.25, -0.2) is 0 Å². The predicted octanol–water partition coefficient (Wildman–Crippen LogP) is 6.20. The van der Waals surface area contributed by atoms with Gasteiger partial charge < -0.3 is 10.2 Å². The molecule has 0 saturated carbocycles. The van der Waals surface area contributed by atoms with Crippen LogP contribution in [0.2, 0.25) is 0 Å². The minimum absolute atomic E-state index is 0.251. The topological polar surface area (TPSA) is 40.5 Å². The Labute approximate surface area is 151 Å².